The molecule has 0 radical (unpaired) electrons. The second-order valence-electron chi connectivity index (χ2n) is 8.72. The maximum atomic E-state index is 14.6. The van der Waals surface area contributed by atoms with Gasteiger partial charge in [-0.2, -0.15) is 13.2 Å². The second-order valence-corrected chi connectivity index (χ2v) is 9.93. The molecule has 0 fully saturated rings. The molecule has 2 aromatic carbocycles. The number of rotatable bonds is 9. The van der Waals surface area contributed by atoms with Gasteiger partial charge in [-0.1, -0.05) is 6.07 Å². The van der Waals surface area contributed by atoms with E-state index in [-0.39, 0.29) is 35.1 Å². The van der Waals surface area contributed by atoms with E-state index in [1.807, 2.05) is 0 Å². The van der Waals surface area contributed by atoms with Gasteiger partial charge < -0.3 is 20.4 Å². The minimum atomic E-state index is -4.85. The lowest BCUT2D eigenvalue weighted by Gasteiger charge is -2.20. The Morgan fingerprint density at radius 3 is 2.55 bits per heavy atom. The smallest absolute Gasteiger partial charge is 0.394 e. The third-order valence-electron chi connectivity index (χ3n) is 5.73. The van der Waals surface area contributed by atoms with Gasteiger partial charge in [-0.3, -0.25) is 10.1 Å². The number of likely N-dealkylation sites (N-methyl/N-ethyl adjacent to an activating group) is 1. The quantitative estimate of drug-likeness (QED) is 0.209. The largest absolute Gasteiger partial charge is 0.419 e. The molecule has 2 heterocycles. The number of carbonyl (C=O) groups excluding carboxylic acids is 1. The topological polar surface area (TPSA) is 124 Å². The Hall–Kier alpha value is -4.14. The Kier molecular flexibility index (Phi) is 8.61. The molecule has 9 nitrogen and oxygen atoms in total. The Bertz CT molecular complexity index is 1500. The van der Waals surface area contributed by atoms with Crippen molar-refractivity contribution in [2.45, 2.75) is 19.2 Å². The summed E-state index contributed by atoms with van der Waals surface area (Å²) >= 11 is 1.02. The molecular formula is C26H24F4N6O3S. The number of hydrogen-bond donors (Lipinski definition) is 4. The van der Waals surface area contributed by atoms with Gasteiger partial charge in [-0.15, -0.1) is 11.3 Å². The number of aliphatic hydroxyl groups is 2. The van der Waals surface area contributed by atoms with Gasteiger partial charge >= 0.3 is 6.18 Å². The second kappa shape index (κ2) is 11.9. The van der Waals surface area contributed by atoms with E-state index in [2.05, 4.69) is 25.6 Å². The third kappa shape index (κ3) is 6.70. The first kappa shape index (κ1) is 28.9. The molecule has 1 atom stereocenters. The van der Waals surface area contributed by atoms with Crippen molar-refractivity contribution in [2.24, 2.45) is 0 Å². The molecule has 4 N–H and O–H groups in total. The minimum absolute atomic E-state index is 0.0178. The first-order chi connectivity index (χ1) is 19.0. The molecule has 2 aromatic heterocycles. The monoisotopic (exact) mass is 576 g/mol. The van der Waals surface area contributed by atoms with Crippen LogP contribution in [-0.4, -0.2) is 57.4 Å². The maximum absolute atomic E-state index is 14.6. The number of aromatic nitrogens is 3. The zero-order valence-corrected chi connectivity index (χ0v) is 22.0. The maximum Gasteiger partial charge on any atom is 0.419 e. The molecule has 1 unspecified atom stereocenters. The number of aryl methyl sites for hydroxylation is 1. The number of aliphatic hydroxyl groups excluding tert-OH is 2. The van der Waals surface area contributed by atoms with Gasteiger partial charge in [0.1, 0.15) is 23.8 Å². The summed E-state index contributed by atoms with van der Waals surface area (Å²) in [6.07, 6.45) is -4.42. The van der Waals surface area contributed by atoms with Gasteiger partial charge in [-0.05, 0) is 43.3 Å². The van der Waals surface area contributed by atoms with Crippen LogP contribution in [-0.2, 0) is 6.18 Å². The first-order valence-electron chi connectivity index (χ1n) is 11.8. The van der Waals surface area contributed by atoms with Gasteiger partial charge in [0.2, 0.25) is 0 Å². The average Bonchev–Trinajstić information content (AvgIpc) is 3.27. The van der Waals surface area contributed by atoms with Gasteiger partial charge in [0, 0.05) is 41.4 Å². The predicted octanol–water partition coefficient (Wildman–Crippen LogP) is 4.85. The number of nitrogens with zero attached hydrogens (tertiary/aromatic N) is 4. The van der Waals surface area contributed by atoms with E-state index in [4.69, 9.17) is 5.11 Å². The number of anilines is 4. The van der Waals surface area contributed by atoms with Crippen molar-refractivity contribution in [1.82, 2.24) is 15.0 Å². The Morgan fingerprint density at radius 2 is 1.88 bits per heavy atom. The van der Waals surface area contributed by atoms with E-state index in [0.29, 0.717) is 28.3 Å². The molecule has 0 aliphatic carbocycles. The Morgan fingerprint density at radius 1 is 1.15 bits per heavy atom. The number of halogens is 4. The zero-order valence-electron chi connectivity index (χ0n) is 21.2. The SMILES string of the molecule is Cc1sc(NC(=O)c2ccc(Nc3cc(N(C)CC(O)CO)ncn3)cc2)nc1-c1cccc(C(F)(F)F)c1F. The molecule has 0 aliphatic rings. The molecule has 0 bridgehead atoms. The van der Waals surface area contributed by atoms with Crippen molar-refractivity contribution in [3.8, 4) is 11.3 Å². The Labute approximate surface area is 230 Å². The normalized spacial score (nSPS) is 12.2. The summed E-state index contributed by atoms with van der Waals surface area (Å²) in [5.41, 5.74) is -0.771. The lowest BCUT2D eigenvalue weighted by Crippen LogP contribution is -2.31. The number of carbonyl (C=O) groups is 1. The number of thiazole rings is 1. The fourth-order valence-electron chi connectivity index (χ4n) is 3.75. The summed E-state index contributed by atoms with van der Waals surface area (Å²) in [5.74, 6) is -0.955. The van der Waals surface area contributed by atoms with Crippen molar-refractivity contribution in [3.05, 3.63) is 76.7 Å². The number of benzene rings is 2. The van der Waals surface area contributed by atoms with E-state index >= 15 is 0 Å². The number of alkyl halides is 3. The van der Waals surface area contributed by atoms with Crippen LogP contribution >= 0.6 is 11.3 Å². The molecule has 0 spiro atoms. The molecule has 210 valence electrons. The molecule has 14 heteroatoms. The summed E-state index contributed by atoms with van der Waals surface area (Å²) in [6.45, 7) is 1.37. The molecule has 0 saturated heterocycles. The van der Waals surface area contributed by atoms with Crippen LogP contribution in [0.5, 0.6) is 0 Å². The van der Waals surface area contributed by atoms with Crippen molar-refractivity contribution in [1.29, 1.82) is 0 Å². The highest BCUT2D eigenvalue weighted by Gasteiger charge is 2.35. The summed E-state index contributed by atoms with van der Waals surface area (Å²) in [7, 11) is 1.71. The fraction of sp³-hybridized carbons (Fsp3) is 0.231. The Balaban J connectivity index is 1.44. The van der Waals surface area contributed by atoms with Crippen molar-refractivity contribution in [3.63, 3.8) is 0 Å². The van der Waals surface area contributed by atoms with E-state index in [0.717, 1.165) is 17.4 Å². The highest BCUT2D eigenvalue weighted by atomic mass is 32.1. The lowest BCUT2D eigenvalue weighted by molar-refractivity contribution is -0.139. The highest BCUT2D eigenvalue weighted by Crippen LogP contribution is 2.38. The van der Waals surface area contributed by atoms with E-state index in [9.17, 15) is 27.5 Å². The molecule has 0 aliphatic heterocycles. The predicted molar refractivity (Wildman–Crippen MR) is 143 cm³/mol. The number of nitrogens with one attached hydrogen (secondary N) is 2. The van der Waals surface area contributed by atoms with E-state index < -0.39 is 29.6 Å². The molecular weight excluding hydrogens is 552 g/mol. The molecule has 1 amide bonds. The molecule has 40 heavy (non-hydrogen) atoms. The van der Waals surface area contributed by atoms with Crippen LogP contribution < -0.4 is 15.5 Å². The van der Waals surface area contributed by atoms with Crippen LogP contribution in [0.3, 0.4) is 0 Å². The van der Waals surface area contributed by atoms with E-state index in [1.165, 1.54) is 12.4 Å². The van der Waals surface area contributed by atoms with Crippen LogP contribution in [0.1, 0.15) is 20.8 Å². The van der Waals surface area contributed by atoms with Crippen LogP contribution in [0.15, 0.2) is 54.9 Å². The van der Waals surface area contributed by atoms with Crippen molar-refractivity contribution < 1.29 is 32.6 Å². The number of hydrogen-bond acceptors (Lipinski definition) is 9. The molecule has 4 aromatic rings. The fourth-order valence-corrected chi connectivity index (χ4v) is 4.57. The number of amides is 1. The minimum Gasteiger partial charge on any atom is -0.394 e. The van der Waals surface area contributed by atoms with Crippen LogP contribution in [0.4, 0.5) is 40.0 Å². The van der Waals surface area contributed by atoms with Crippen molar-refractivity contribution in [2.75, 3.05) is 35.7 Å². The van der Waals surface area contributed by atoms with Gasteiger partial charge in [0.15, 0.2) is 5.13 Å². The molecule has 4 rings (SSSR count). The zero-order chi connectivity index (χ0) is 29.0. The lowest BCUT2D eigenvalue weighted by atomic mass is 10.1. The first-order valence-corrected chi connectivity index (χ1v) is 12.6. The van der Waals surface area contributed by atoms with Gasteiger partial charge in [-0.25, -0.2) is 19.3 Å². The summed E-state index contributed by atoms with van der Waals surface area (Å²) in [5, 5.41) is 24.5. The summed E-state index contributed by atoms with van der Waals surface area (Å²) in [6, 6.07) is 11.0. The summed E-state index contributed by atoms with van der Waals surface area (Å²) < 4.78 is 54.0. The van der Waals surface area contributed by atoms with Crippen LogP contribution in [0, 0.1) is 12.7 Å². The highest BCUT2D eigenvalue weighted by molar-refractivity contribution is 7.16. The average molecular weight is 577 g/mol. The van der Waals surface area contributed by atoms with Crippen LogP contribution in [0.25, 0.3) is 11.3 Å². The van der Waals surface area contributed by atoms with Gasteiger partial charge in [0.05, 0.1) is 24.0 Å². The standard InChI is InChI=1S/C26H24F4N6O3S/c1-14-23(18-4-3-5-19(22(18)27)26(28,29)30)34-25(40-14)35-24(39)15-6-8-16(9-7-15)33-20-10-21(32-13-31-20)36(2)11-17(38)12-37/h3-10,13,17,37-38H,11-12H2,1-2H3,(H,31,32,33)(H,34,35,39). The van der Waals surface area contributed by atoms with Crippen LogP contribution in [0.2, 0.25) is 0 Å². The van der Waals surface area contributed by atoms with Gasteiger partial charge in [0.25, 0.3) is 5.91 Å². The van der Waals surface area contributed by atoms with Crippen molar-refractivity contribution >= 4 is 39.7 Å². The summed E-state index contributed by atoms with van der Waals surface area (Å²) in [4.78, 5) is 27.3. The molecule has 0 saturated carbocycles. The van der Waals surface area contributed by atoms with E-state index in [1.54, 1.807) is 49.2 Å². The third-order valence-corrected chi connectivity index (χ3v) is 6.62.